The minimum absolute atomic E-state index is 0.753. The van der Waals surface area contributed by atoms with Crippen molar-refractivity contribution in [2.75, 3.05) is 0 Å². The second-order valence-corrected chi connectivity index (χ2v) is 4.04. The molecule has 2 aromatic rings. The molecule has 0 spiro atoms. The number of nitrogens with zero attached hydrogens (tertiary/aromatic N) is 1. The van der Waals surface area contributed by atoms with E-state index in [0.717, 1.165) is 30.2 Å². The number of hydrogen-bond donors (Lipinski definition) is 2. The summed E-state index contributed by atoms with van der Waals surface area (Å²) >= 11 is 0. The highest BCUT2D eigenvalue weighted by Gasteiger charge is 2.06. The van der Waals surface area contributed by atoms with E-state index in [0.29, 0.717) is 0 Å². The number of nitrogens with one attached hydrogen (secondary N) is 2. The van der Waals surface area contributed by atoms with E-state index in [2.05, 4.69) is 22.4 Å². The standard InChI is InChI=1S/C12H17N3O/c1-8-4-5-16-12(8)7-13-6-11-9(2)14-15-10(11)3/h4-5,13H,6-7H2,1-3H3,(H,14,15). The van der Waals surface area contributed by atoms with Crippen LogP contribution in [0.4, 0.5) is 0 Å². The lowest BCUT2D eigenvalue weighted by Gasteiger charge is -2.03. The van der Waals surface area contributed by atoms with Gasteiger partial charge in [0.05, 0.1) is 18.5 Å². The molecule has 0 fully saturated rings. The Labute approximate surface area is 95.1 Å². The third-order valence-corrected chi connectivity index (χ3v) is 2.84. The molecule has 0 radical (unpaired) electrons. The Morgan fingerprint density at radius 3 is 2.69 bits per heavy atom. The van der Waals surface area contributed by atoms with E-state index in [4.69, 9.17) is 4.42 Å². The predicted molar refractivity (Wildman–Crippen MR) is 62.1 cm³/mol. The van der Waals surface area contributed by atoms with Gasteiger partial charge in [0.15, 0.2) is 0 Å². The molecular weight excluding hydrogens is 202 g/mol. The van der Waals surface area contributed by atoms with Gasteiger partial charge in [-0.3, -0.25) is 5.10 Å². The van der Waals surface area contributed by atoms with Crippen molar-refractivity contribution >= 4 is 0 Å². The van der Waals surface area contributed by atoms with Crippen molar-refractivity contribution in [3.63, 3.8) is 0 Å². The Bertz CT molecular complexity index is 451. The molecule has 86 valence electrons. The summed E-state index contributed by atoms with van der Waals surface area (Å²) in [5, 5.41) is 10.5. The van der Waals surface area contributed by atoms with Crippen molar-refractivity contribution in [3.05, 3.63) is 40.6 Å². The van der Waals surface area contributed by atoms with Crippen LogP contribution in [-0.4, -0.2) is 10.2 Å². The van der Waals surface area contributed by atoms with Crippen LogP contribution in [0.2, 0.25) is 0 Å². The summed E-state index contributed by atoms with van der Waals surface area (Å²) < 4.78 is 5.36. The molecule has 0 aliphatic carbocycles. The van der Waals surface area contributed by atoms with Crippen molar-refractivity contribution in [3.8, 4) is 0 Å². The normalized spacial score (nSPS) is 10.9. The molecule has 0 saturated carbocycles. The van der Waals surface area contributed by atoms with Crippen LogP contribution in [-0.2, 0) is 13.1 Å². The van der Waals surface area contributed by atoms with Gasteiger partial charge in [0, 0.05) is 17.8 Å². The number of H-pyrrole nitrogens is 1. The summed E-state index contributed by atoms with van der Waals surface area (Å²) in [6.45, 7) is 7.67. The smallest absolute Gasteiger partial charge is 0.120 e. The van der Waals surface area contributed by atoms with Crippen molar-refractivity contribution in [1.29, 1.82) is 0 Å². The third-order valence-electron chi connectivity index (χ3n) is 2.84. The Morgan fingerprint density at radius 2 is 2.12 bits per heavy atom. The Hall–Kier alpha value is -1.55. The number of aromatic nitrogens is 2. The van der Waals surface area contributed by atoms with Crippen LogP contribution in [0, 0.1) is 20.8 Å². The minimum atomic E-state index is 0.753. The maximum absolute atomic E-state index is 5.36. The second-order valence-electron chi connectivity index (χ2n) is 4.04. The van der Waals surface area contributed by atoms with Gasteiger partial charge < -0.3 is 9.73 Å². The van der Waals surface area contributed by atoms with Crippen LogP contribution in [0.3, 0.4) is 0 Å². The molecule has 0 saturated heterocycles. The third kappa shape index (κ3) is 2.17. The molecule has 0 aliphatic heterocycles. The van der Waals surface area contributed by atoms with E-state index in [1.54, 1.807) is 6.26 Å². The quantitative estimate of drug-likeness (QED) is 0.829. The largest absolute Gasteiger partial charge is 0.468 e. The fourth-order valence-corrected chi connectivity index (χ4v) is 1.72. The van der Waals surface area contributed by atoms with E-state index in [1.165, 1.54) is 11.1 Å². The molecule has 2 aromatic heterocycles. The van der Waals surface area contributed by atoms with Crippen LogP contribution in [0.15, 0.2) is 16.7 Å². The highest BCUT2D eigenvalue weighted by atomic mass is 16.3. The lowest BCUT2D eigenvalue weighted by Crippen LogP contribution is -2.13. The van der Waals surface area contributed by atoms with E-state index >= 15 is 0 Å². The molecule has 0 aliphatic rings. The average Bonchev–Trinajstić information content (AvgIpc) is 2.79. The first kappa shape index (κ1) is 11.0. The average molecular weight is 219 g/mol. The van der Waals surface area contributed by atoms with Crippen molar-refractivity contribution in [1.82, 2.24) is 15.5 Å². The molecule has 0 amide bonds. The highest BCUT2D eigenvalue weighted by molar-refractivity contribution is 5.23. The summed E-state index contributed by atoms with van der Waals surface area (Å²) in [6.07, 6.45) is 1.72. The molecule has 4 heteroatoms. The van der Waals surface area contributed by atoms with Crippen molar-refractivity contribution < 1.29 is 4.42 Å². The molecular formula is C12H17N3O. The van der Waals surface area contributed by atoms with Gasteiger partial charge in [-0.2, -0.15) is 5.10 Å². The van der Waals surface area contributed by atoms with Crippen LogP contribution in [0.1, 0.15) is 28.3 Å². The van der Waals surface area contributed by atoms with Crippen LogP contribution >= 0.6 is 0 Å². The van der Waals surface area contributed by atoms with E-state index in [9.17, 15) is 0 Å². The van der Waals surface area contributed by atoms with Crippen LogP contribution in [0.5, 0.6) is 0 Å². The van der Waals surface area contributed by atoms with Gasteiger partial charge >= 0.3 is 0 Å². The highest BCUT2D eigenvalue weighted by Crippen LogP contribution is 2.11. The molecule has 0 bridgehead atoms. The van der Waals surface area contributed by atoms with Gasteiger partial charge in [0.2, 0.25) is 0 Å². The van der Waals surface area contributed by atoms with Gasteiger partial charge in [-0.25, -0.2) is 0 Å². The summed E-state index contributed by atoms with van der Waals surface area (Å²) in [4.78, 5) is 0. The summed E-state index contributed by atoms with van der Waals surface area (Å²) in [6, 6.07) is 1.98. The number of aromatic amines is 1. The Morgan fingerprint density at radius 1 is 1.31 bits per heavy atom. The Kier molecular flexibility index (Phi) is 3.10. The first-order chi connectivity index (χ1) is 7.68. The maximum Gasteiger partial charge on any atom is 0.120 e. The molecule has 0 aromatic carbocycles. The fourth-order valence-electron chi connectivity index (χ4n) is 1.72. The van der Waals surface area contributed by atoms with Gasteiger partial charge in [0.1, 0.15) is 5.76 Å². The molecule has 0 atom stereocenters. The summed E-state index contributed by atoms with van der Waals surface area (Å²) in [5.74, 6) is 0.999. The van der Waals surface area contributed by atoms with Gasteiger partial charge in [-0.05, 0) is 32.4 Å². The SMILES string of the molecule is Cc1ccoc1CNCc1c(C)n[nH]c1C. The molecule has 2 heterocycles. The monoisotopic (exact) mass is 219 g/mol. The predicted octanol–water partition coefficient (Wildman–Crippen LogP) is 2.22. The molecule has 16 heavy (non-hydrogen) atoms. The molecule has 2 N–H and O–H groups in total. The fraction of sp³-hybridized carbons (Fsp3) is 0.417. The topological polar surface area (TPSA) is 53.9 Å². The van der Waals surface area contributed by atoms with Crippen LogP contribution in [0.25, 0.3) is 0 Å². The van der Waals surface area contributed by atoms with E-state index < -0.39 is 0 Å². The van der Waals surface area contributed by atoms with Gasteiger partial charge in [-0.15, -0.1) is 0 Å². The Balaban J connectivity index is 1.92. The summed E-state index contributed by atoms with van der Waals surface area (Å²) in [5.41, 5.74) is 4.61. The lowest BCUT2D eigenvalue weighted by atomic mass is 10.2. The van der Waals surface area contributed by atoms with Gasteiger partial charge in [-0.1, -0.05) is 0 Å². The van der Waals surface area contributed by atoms with E-state index in [-0.39, 0.29) is 0 Å². The minimum Gasteiger partial charge on any atom is -0.468 e. The summed E-state index contributed by atoms with van der Waals surface area (Å²) in [7, 11) is 0. The lowest BCUT2D eigenvalue weighted by molar-refractivity contribution is 0.480. The first-order valence-electron chi connectivity index (χ1n) is 5.42. The zero-order valence-corrected chi connectivity index (χ0v) is 9.92. The number of rotatable bonds is 4. The molecule has 2 rings (SSSR count). The zero-order chi connectivity index (χ0) is 11.5. The second kappa shape index (κ2) is 4.53. The van der Waals surface area contributed by atoms with Crippen molar-refractivity contribution in [2.24, 2.45) is 0 Å². The molecule has 0 unspecified atom stereocenters. The van der Waals surface area contributed by atoms with Gasteiger partial charge in [0.25, 0.3) is 0 Å². The van der Waals surface area contributed by atoms with E-state index in [1.807, 2.05) is 19.9 Å². The first-order valence-corrected chi connectivity index (χ1v) is 5.42. The number of furan rings is 1. The number of hydrogen-bond acceptors (Lipinski definition) is 3. The zero-order valence-electron chi connectivity index (χ0n) is 9.92. The molecule has 4 nitrogen and oxygen atoms in total. The van der Waals surface area contributed by atoms with Crippen LogP contribution < -0.4 is 5.32 Å². The maximum atomic E-state index is 5.36. The van der Waals surface area contributed by atoms with Crippen molar-refractivity contribution in [2.45, 2.75) is 33.9 Å². The number of aryl methyl sites for hydroxylation is 3.